The van der Waals surface area contributed by atoms with Gasteiger partial charge in [-0.2, -0.15) is 5.26 Å². The quantitative estimate of drug-likeness (QED) is 0.330. The van der Waals surface area contributed by atoms with Gasteiger partial charge in [-0.05, 0) is 35.4 Å². The Kier molecular flexibility index (Phi) is 7.77. The average Bonchev–Trinajstić information content (AvgIpc) is 2.85. The fraction of sp³-hybridized carbons (Fsp3) is 0.115. The summed E-state index contributed by atoms with van der Waals surface area (Å²) >= 11 is 0. The molecule has 0 aliphatic rings. The van der Waals surface area contributed by atoms with Crippen molar-refractivity contribution in [2.45, 2.75) is 13.2 Å². The minimum atomic E-state index is -0.454. The van der Waals surface area contributed by atoms with Crippen molar-refractivity contribution in [2.24, 2.45) is 0 Å². The number of amides is 1. The summed E-state index contributed by atoms with van der Waals surface area (Å²) in [6.45, 7) is 0.590. The molecule has 0 saturated carbocycles. The van der Waals surface area contributed by atoms with Crippen LogP contribution in [0.3, 0.4) is 0 Å². The van der Waals surface area contributed by atoms with Crippen molar-refractivity contribution in [3.05, 3.63) is 107 Å². The molecule has 32 heavy (non-hydrogen) atoms. The molecule has 0 radical (unpaired) electrons. The van der Waals surface area contributed by atoms with Crippen molar-refractivity contribution in [3.63, 3.8) is 0 Å². The van der Waals surface area contributed by atoms with Gasteiger partial charge >= 0.3 is 5.97 Å². The Balaban J connectivity index is 1.69. The molecule has 0 aliphatic carbocycles. The molecule has 0 saturated heterocycles. The molecule has 1 amide bonds. The molecule has 0 unspecified atom stereocenters. The van der Waals surface area contributed by atoms with Crippen LogP contribution in [0.2, 0.25) is 0 Å². The molecule has 6 nitrogen and oxygen atoms in total. The summed E-state index contributed by atoms with van der Waals surface area (Å²) in [6, 6.07) is 25.5. The van der Waals surface area contributed by atoms with Crippen molar-refractivity contribution in [1.82, 2.24) is 5.32 Å². The number of nitrogens with one attached hydrogen (secondary N) is 1. The number of methoxy groups -OCH3 is 1. The van der Waals surface area contributed by atoms with Gasteiger partial charge in [0.25, 0.3) is 5.91 Å². The second-order valence-electron chi connectivity index (χ2n) is 6.85. The summed E-state index contributed by atoms with van der Waals surface area (Å²) in [6.07, 6.45) is 1.51. The maximum atomic E-state index is 12.5. The van der Waals surface area contributed by atoms with Gasteiger partial charge in [-0.1, -0.05) is 60.7 Å². The van der Waals surface area contributed by atoms with E-state index in [1.165, 1.54) is 13.2 Å². The number of nitrogens with zero attached hydrogens (tertiary/aromatic N) is 1. The Morgan fingerprint density at radius 3 is 2.31 bits per heavy atom. The highest BCUT2D eigenvalue weighted by Gasteiger charge is 2.11. The number of benzene rings is 3. The number of nitriles is 1. The van der Waals surface area contributed by atoms with E-state index in [0.717, 1.165) is 11.1 Å². The standard InChI is InChI=1S/C26H22N2O4/c1-31-26(30)21-13-11-20(12-14-21)18-32-24-10-6-5-9-22(24)15-23(16-27)25(29)28-17-19-7-3-2-4-8-19/h2-15H,17-18H2,1H3,(H,28,29)/b23-15+. The number of esters is 1. The van der Waals surface area contributed by atoms with Crippen LogP contribution in [0, 0.1) is 11.3 Å². The lowest BCUT2D eigenvalue weighted by molar-refractivity contribution is -0.117. The molecule has 6 heteroatoms. The number of rotatable bonds is 8. The molecule has 160 valence electrons. The molecular formula is C26H22N2O4. The van der Waals surface area contributed by atoms with Gasteiger partial charge < -0.3 is 14.8 Å². The minimum Gasteiger partial charge on any atom is -0.488 e. The Morgan fingerprint density at radius 2 is 1.62 bits per heavy atom. The molecule has 3 rings (SSSR count). The predicted octanol–water partition coefficient (Wildman–Crippen LogP) is 4.28. The lowest BCUT2D eigenvalue weighted by Crippen LogP contribution is -2.23. The number of hydrogen-bond acceptors (Lipinski definition) is 5. The molecule has 1 N–H and O–H groups in total. The topological polar surface area (TPSA) is 88.4 Å². The summed E-state index contributed by atoms with van der Waals surface area (Å²) in [5.41, 5.74) is 2.86. The smallest absolute Gasteiger partial charge is 0.337 e. The van der Waals surface area contributed by atoms with E-state index in [-0.39, 0.29) is 12.2 Å². The van der Waals surface area contributed by atoms with Crippen LogP contribution in [-0.2, 0) is 22.7 Å². The van der Waals surface area contributed by atoms with E-state index in [0.29, 0.717) is 23.4 Å². The zero-order valence-corrected chi connectivity index (χ0v) is 17.6. The van der Waals surface area contributed by atoms with E-state index < -0.39 is 11.9 Å². The van der Waals surface area contributed by atoms with Gasteiger partial charge in [0.2, 0.25) is 0 Å². The Morgan fingerprint density at radius 1 is 0.938 bits per heavy atom. The third-order valence-corrected chi connectivity index (χ3v) is 4.65. The van der Waals surface area contributed by atoms with E-state index in [4.69, 9.17) is 9.47 Å². The molecule has 0 fully saturated rings. The van der Waals surface area contributed by atoms with Crippen LogP contribution >= 0.6 is 0 Å². The zero-order chi connectivity index (χ0) is 22.8. The number of hydrogen-bond donors (Lipinski definition) is 1. The Hall–Kier alpha value is -4.37. The first kappa shape index (κ1) is 22.3. The lowest BCUT2D eigenvalue weighted by atomic mass is 10.1. The lowest BCUT2D eigenvalue weighted by Gasteiger charge is -2.10. The number of carbonyl (C=O) groups excluding carboxylic acids is 2. The van der Waals surface area contributed by atoms with E-state index in [2.05, 4.69) is 5.32 Å². The van der Waals surface area contributed by atoms with Crippen LogP contribution in [0.5, 0.6) is 5.75 Å². The van der Waals surface area contributed by atoms with Crippen molar-refractivity contribution < 1.29 is 19.1 Å². The van der Waals surface area contributed by atoms with Crippen LogP contribution < -0.4 is 10.1 Å². The van der Waals surface area contributed by atoms with Gasteiger partial charge in [-0.25, -0.2) is 4.79 Å². The molecule has 3 aromatic rings. The maximum Gasteiger partial charge on any atom is 0.337 e. The largest absolute Gasteiger partial charge is 0.488 e. The number of para-hydroxylation sites is 1. The molecule has 0 atom stereocenters. The second-order valence-corrected chi connectivity index (χ2v) is 6.85. The van der Waals surface area contributed by atoms with Gasteiger partial charge in [0, 0.05) is 12.1 Å². The van der Waals surface area contributed by atoms with Gasteiger partial charge in [0.1, 0.15) is 24.0 Å². The normalized spacial score (nSPS) is 10.7. The van der Waals surface area contributed by atoms with Gasteiger partial charge in [-0.15, -0.1) is 0 Å². The van der Waals surface area contributed by atoms with Crippen molar-refractivity contribution in [2.75, 3.05) is 7.11 Å². The number of carbonyl (C=O) groups is 2. The average molecular weight is 426 g/mol. The Bertz CT molecular complexity index is 1150. The monoisotopic (exact) mass is 426 g/mol. The maximum absolute atomic E-state index is 12.5. The highest BCUT2D eigenvalue weighted by Crippen LogP contribution is 2.22. The van der Waals surface area contributed by atoms with Gasteiger partial charge in [0.05, 0.1) is 12.7 Å². The van der Waals surface area contributed by atoms with Crippen LogP contribution in [-0.4, -0.2) is 19.0 Å². The highest BCUT2D eigenvalue weighted by atomic mass is 16.5. The molecular weight excluding hydrogens is 404 g/mol. The SMILES string of the molecule is COC(=O)c1ccc(COc2ccccc2/C=C(\C#N)C(=O)NCc2ccccc2)cc1. The van der Waals surface area contributed by atoms with E-state index in [1.807, 2.05) is 42.5 Å². The molecule has 3 aromatic carbocycles. The second kappa shape index (κ2) is 11.1. The van der Waals surface area contributed by atoms with Crippen molar-refractivity contribution in [1.29, 1.82) is 5.26 Å². The minimum absolute atomic E-state index is 0.0144. The molecule has 0 aliphatic heterocycles. The first-order chi connectivity index (χ1) is 15.6. The van der Waals surface area contributed by atoms with Crippen LogP contribution in [0.15, 0.2) is 84.4 Å². The van der Waals surface area contributed by atoms with Crippen molar-refractivity contribution in [3.8, 4) is 11.8 Å². The molecule has 0 aromatic heterocycles. The van der Waals surface area contributed by atoms with Crippen molar-refractivity contribution >= 4 is 18.0 Å². The summed E-state index contributed by atoms with van der Waals surface area (Å²) in [4.78, 5) is 24.0. The summed E-state index contributed by atoms with van der Waals surface area (Å²) in [5.74, 6) is -0.319. The predicted molar refractivity (Wildman–Crippen MR) is 120 cm³/mol. The van der Waals surface area contributed by atoms with Crippen LogP contribution in [0.1, 0.15) is 27.0 Å². The third kappa shape index (κ3) is 6.07. The van der Waals surface area contributed by atoms with E-state index in [9.17, 15) is 14.9 Å². The number of ether oxygens (including phenoxy) is 2. The summed E-state index contributed by atoms with van der Waals surface area (Å²) in [5, 5.41) is 12.2. The van der Waals surface area contributed by atoms with Gasteiger partial charge in [0.15, 0.2) is 0 Å². The van der Waals surface area contributed by atoms with Gasteiger partial charge in [-0.3, -0.25) is 4.79 Å². The van der Waals surface area contributed by atoms with Crippen LogP contribution in [0.25, 0.3) is 6.08 Å². The molecule has 0 heterocycles. The first-order valence-electron chi connectivity index (χ1n) is 9.93. The molecule has 0 bridgehead atoms. The summed E-state index contributed by atoms with van der Waals surface area (Å²) < 4.78 is 10.6. The van der Waals surface area contributed by atoms with E-state index in [1.54, 1.807) is 42.5 Å². The van der Waals surface area contributed by atoms with E-state index >= 15 is 0 Å². The fourth-order valence-corrected chi connectivity index (χ4v) is 2.92. The highest BCUT2D eigenvalue weighted by molar-refractivity contribution is 6.01. The first-order valence-corrected chi connectivity index (χ1v) is 9.93. The molecule has 0 spiro atoms. The Labute approximate surface area is 186 Å². The van der Waals surface area contributed by atoms with Crippen LogP contribution in [0.4, 0.5) is 0 Å². The summed E-state index contributed by atoms with van der Waals surface area (Å²) in [7, 11) is 1.33. The fourth-order valence-electron chi connectivity index (χ4n) is 2.92. The third-order valence-electron chi connectivity index (χ3n) is 4.65. The zero-order valence-electron chi connectivity index (χ0n) is 17.6.